The Morgan fingerprint density at radius 1 is 1.42 bits per heavy atom. The van der Waals surface area contributed by atoms with Crippen LogP contribution in [-0.2, 0) is 4.79 Å². The molecule has 0 spiro atoms. The lowest BCUT2D eigenvalue weighted by atomic mass is 10.2. The molecule has 1 fully saturated rings. The van der Waals surface area contributed by atoms with E-state index in [0.29, 0.717) is 23.0 Å². The number of rotatable bonds is 3. The summed E-state index contributed by atoms with van der Waals surface area (Å²) < 4.78 is 0. The van der Waals surface area contributed by atoms with Gasteiger partial charge in [-0.2, -0.15) is 0 Å². The average molecular weight is 295 g/mol. The normalized spacial score (nSPS) is 19.7. The Morgan fingerprint density at radius 3 is 2.84 bits per heavy atom. The molecule has 0 bridgehead atoms. The predicted molar refractivity (Wildman–Crippen MR) is 82.4 cm³/mol. The van der Waals surface area contributed by atoms with Gasteiger partial charge in [0.05, 0.1) is 4.91 Å². The molecule has 0 atom stereocenters. The third-order valence-electron chi connectivity index (χ3n) is 2.64. The van der Waals surface area contributed by atoms with Crippen LogP contribution in [0.3, 0.4) is 0 Å². The smallest absolute Gasteiger partial charge is 0.266 e. The summed E-state index contributed by atoms with van der Waals surface area (Å²) in [5, 5.41) is 1.45. The Hall–Kier alpha value is -1.26. The van der Waals surface area contributed by atoms with Gasteiger partial charge >= 0.3 is 0 Å². The number of thioether (sulfide) groups is 1. The second kappa shape index (κ2) is 6.26. The summed E-state index contributed by atoms with van der Waals surface area (Å²) in [4.78, 5) is 19.0. The first-order valence-electron chi connectivity index (χ1n) is 6.17. The van der Waals surface area contributed by atoms with Crippen LogP contribution in [-0.4, -0.2) is 29.1 Å². The Balaban J connectivity index is 2.31. The zero-order valence-corrected chi connectivity index (χ0v) is 12.5. The van der Waals surface area contributed by atoms with Gasteiger partial charge in [-0.05, 0) is 49.4 Å². The van der Waals surface area contributed by atoms with Crippen LogP contribution in [0.4, 0.5) is 0 Å². The SMILES string of the molecule is CCN=C1S/C(=C\c2cccc(Cl)c2)C(=O)N1CC. The molecule has 100 valence electrons. The van der Waals surface area contributed by atoms with Crippen LogP contribution < -0.4 is 0 Å². The summed E-state index contributed by atoms with van der Waals surface area (Å²) in [5.74, 6) is 0.0136. The molecule has 19 heavy (non-hydrogen) atoms. The van der Waals surface area contributed by atoms with Gasteiger partial charge in [0.2, 0.25) is 0 Å². The van der Waals surface area contributed by atoms with Crippen molar-refractivity contribution in [3.63, 3.8) is 0 Å². The molecule has 0 aliphatic carbocycles. The van der Waals surface area contributed by atoms with Gasteiger partial charge < -0.3 is 0 Å². The summed E-state index contributed by atoms with van der Waals surface area (Å²) in [6.45, 7) is 5.23. The third-order valence-corrected chi connectivity index (χ3v) is 3.92. The van der Waals surface area contributed by atoms with Gasteiger partial charge in [-0.15, -0.1) is 0 Å². The molecule has 0 N–H and O–H groups in total. The molecule has 0 radical (unpaired) electrons. The fourth-order valence-corrected chi connectivity index (χ4v) is 3.09. The van der Waals surface area contributed by atoms with Gasteiger partial charge in [-0.3, -0.25) is 14.7 Å². The van der Waals surface area contributed by atoms with Crippen molar-refractivity contribution < 1.29 is 4.79 Å². The predicted octanol–water partition coefficient (Wildman–Crippen LogP) is 3.65. The van der Waals surface area contributed by atoms with E-state index in [1.165, 1.54) is 11.8 Å². The van der Waals surface area contributed by atoms with Crippen molar-refractivity contribution in [2.24, 2.45) is 4.99 Å². The van der Waals surface area contributed by atoms with Crippen molar-refractivity contribution in [3.8, 4) is 0 Å². The molecule has 1 saturated heterocycles. The van der Waals surface area contributed by atoms with Crippen molar-refractivity contribution in [1.29, 1.82) is 0 Å². The fraction of sp³-hybridized carbons (Fsp3) is 0.286. The van der Waals surface area contributed by atoms with Gasteiger partial charge in [0.25, 0.3) is 5.91 Å². The van der Waals surface area contributed by atoms with E-state index in [1.54, 1.807) is 4.90 Å². The second-order valence-corrected chi connectivity index (χ2v) is 5.42. The maximum atomic E-state index is 12.2. The van der Waals surface area contributed by atoms with E-state index in [9.17, 15) is 4.79 Å². The Bertz CT molecular complexity index is 554. The highest BCUT2D eigenvalue weighted by Crippen LogP contribution is 2.32. The number of benzene rings is 1. The number of halogens is 1. The highest BCUT2D eigenvalue weighted by Gasteiger charge is 2.31. The van der Waals surface area contributed by atoms with Crippen LogP contribution in [0, 0.1) is 0 Å². The molecule has 2 rings (SSSR count). The van der Waals surface area contributed by atoms with Gasteiger partial charge in [0.15, 0.2) is 5.17 Å². The Morgan fingerprint density at radius 2 is 2.21 bits per heavy atom. The van der Waals surface area contributed by atoms with Crippen molar-refractivity contribution >= 4 is 40.5 Å². The van der Waals surface area contributed by atoms with Crippen LogP contribution in [0.1, 0.15) is 19.4 Å². The molecule has 1 heterocycles. The summed E-state index contributed by atoms with van der Waals surface area (Å²) in [5.41, 5.74) is 0.928. The molecule has 1 aromatic rings. The molecule has 0 unspecified atom stereocenters. The lowest BCUT2D eigenvalue weighted by molar-refractivity contribution is -0.122. The minimum Gasteiger partial charge on any atom is -0.287 e. The maximum Gasteiger partial charge on any atom is 0.266 e. The number of amides is 1. The molecule has 0 aromatic heterocycles. The van der Waals surface area contributed by atoms with E-state index in [1.807, 2.05) is 44.2 Å². The minimum absolute atomic E-state index is 0.0136. The van der Waals surface area contributed by atoms with E-state index in [4.69, 9.17) is 11.6 Å². The van der Waals surface area contributed by atoms with E-state index < -0.39 is 0 Å². The zero-order valence-electron chi connectivity index (χ0n) is 10.9. The number of carbonyl (C=O) groups excluding carboxylic acids is 1. The number of hydrogen-bond acceptors (Lipinski definition) is 3. The first-order chi connectivity index (χ1) is 9.15. The summed E-state index contributed by atoms with van der Waals surface area (Å²) >= 11 is 7.37. The minimum atomic E-state index is 0.0136. The molecule has 3 nitrogen and oxygen atoms in total. The molecule has 0 saturated carbocycles. The quantitative estimate of drug-likeness (QED) is 0.797. The summed E-state index contributed by atoms with van der Waals surface area (Å²) in [6.07, 6.45) is 1.86. The van der Waals surface area contributed by atoms with Crippen LogP contribution in [0.5, 0.6) is 0 Å². The van der Waals surface area contributed by atoms with Gasteiger partial charge in [0.1, 0.15) is 0 Å². The van der Waals surface area contributed by atoms with Crippen molar-refractivity contribution in [1.82, 2.24) is 4.90 Å². The summed E-state index contributed by atoms with van der Waals surface area (Å²) in [6, 6.07) is 7.46. The van der Waals surface area contributed by atoms with Crippen molar-refractivity contribution in [3.05, 3.63) is 39.8 Å². The number of aliphatic imine (C=N–C) groups is 1. The average Bonchev–Trinajstić information content (AvgIpc) is 2.66. The van der Waals surface area contributed by atoms with E-state index in [0.717, 1.165) is 10.7 Å². The third kappa shape index (κ3) is 3.19. The maximum absolute atomic E-state index is 12.2. The molecule has 1 aliphatic rings. The Labute approximate surface area is 122 Å². The second-order valence-electron chi connectivity index (χ2n) is 3.97. The van der Waals surface area contributed by atoms with E-state index >= 15 is 0 Å². The molecule has 1 amide bonds. The molecule has 1 aliphatic heterocycles. The van der Waals surface area contributed by atoms with Crippen LogP contribution in [0.2, 0.25) is 5.02 Å². The van der Waals surface area contributed by atoms with Crippen molar-refractivity contribution in [2.75, 3.05) is 13.1 Å². The summed E-state index contributed by atoms with van der Waals surface area (Å²) in [7, 11) is 0. The van der Waals surface area contributed by atoms with Crippen molar-refractivity contribution in [2.45, 2.75) is 13.8 Å². The molecular weight excluding hydrogens is 280 g/mol. The molecular formula is C14H15ClN2OS. The van der Waals surface area contributed by atoms with Gasteiger partial charge in [0, 0.05) is 18.1 Å². The highest BCUT2D eigenvalue weighted by atomic mass is 35.5. The largest absolute Gasteiger partial charge is 0.287 e. The number of amidine groups is 1. The molecule has 5 heteroatoms. The lowest BCUT2D eigenvalue weighted by Gasteiger charge is -2.11. The molecule has 1 aromatic carbocycles. The van der Waals surface area contributed by atoms with Gasteiger partial charge in [-0.25, -0.2) is 0 Å². The van der Waals surface area contributed by atoms with E-state index in [-0.39, 0.29) is 5.91 Å². The standard InChI is InChI=1S/C14H15ClN2OS/c1-3-16-14-17(4-2)13(18)12(19-14)9-10-6-5-7-11(15)8-10/h5-9H,3-4H2,1-2H3/b12-9-,16-14?. The number of carbonyl (C=O) groups is 1. The van der Waals surface area contributed by atoms with Crippen LogP contribution >= 0.6 is 23.4 Å². The number of nitrogens with zero attached hydrogens (tertiary/aromatic N) is 2. The van der Waals surface area contributed by atoms with E-state index in [2.05, 4.69) is 4.99 Å². The number of hydrogen-bond donors (Lipinski definition) is 0. The van der Waals surface area contributed by atoms with Crippen LogP contribution in [0.25, 0.3) is 6.08 Å². The first-order valence-corrected chi connectivity index (χ1v) is 7.36. The highest BCUT2D eigenvalue weighted by molar-refractivity contribution is 8.18. The van der Waals surface area contributed by atoms with Crippen LogP contribution in [0.15, 0.2) is 34.2 Å². The van der Waals surface area contributed by atoms with Gasteiger partial charge in [-0.1, -0.05) is 23.7 Å². The monoisotopic (exact) mass is 294 g/mol. The Kier molecular flexibility index (Phi) is 4.66. The number of likely N-dealkylation sites (N-methyl/N-ethyl adjacent to an activating group) is 1. The first kappa shape index (κ1) is 14.2. The lowest BCUT2D eigenvalue weighted by Crippen LogP contribution is -2.28. The topological polar surface area (TPSA) is 32.7 Å². The zero-order chi connectivity index (χ0) is 13.8. The fourth-order valence-electron chi connectivity index (χ4n) is 1.79.